The minimum Gasteiger partial charge on any atom is -0.333 e. The molecule has 1 saturated heterocycles. The van der Waals surface area contributed by atoms with Crippen molar-refractivity contribution in [3.63, 3.8) is 0 Å². The molecule has 29 heavy (non-hydrogen) atoms. The van der Waals surface area contributed by atoms with Crippen LogP contribution in [0.1, 0.15) is 37.2 Å². The summed E-state index contributed by atoms with van der Waals surface area (Å²) >= 11 is 0. The number of nitrogens with zero attached hydrogens (tertiary/aromatic N) is 4. The second-order valence-corrected chi connectivity index (χ2v) is 7.39. The molecule has 0 aliphatic carbocycles. The van der Waals surface area contributed by atoms with Gasteiger partial charge in [-0.3, -0.25) is 4.79 Å². The number of piperazine rings is 1. The van der Waals surface area contributed by atoms with Crippen molar-refractivity contribution in [1.29, 1.82) is 0 Å². The zero-order chi connectivity index (χ0) is 19.0. The van der Waals surface area contributed by atoms with Crippen LogP contribution in [0, 0.1) is 0 Å². The quantitative estimate of drug-likeness (QED) is 0.675. The number of rotatable bonds is 3. The highest BCUT2D eigenvalue weighted by Gasteiger charge is 2.27. The van der Waals surface area contributed by atoms with Crippen LogP contribution < -0.4 is 5.32 Å². The molecule has 3 heterocycles. The molecule has 1 fully saturated rings. The fourth-order valence-electron chi connectivity index (χ4n) is 3.63. The molecule has 2 aromatic heterocycles. The molecule has 1 unspecified atom stereocenters. The molecule has 1 aliphatic heterocycles. The van der Waals surface area contributed by atoms with Crippen molar-refractivity contribution in [3.8, 4) is 11.3 Å². The lowest BCUT2D eigenvalue weighted by Crippen LogP contribution is -2.52. The summed E-state index contributed by atoms with van der Waals surface area (Å²) < 4.78 is 1.89. The largest absolute Gasteiger partial charge is 0.333 e. The molecule has 156 valence electrons. The zero-order valence-electron chi connectivity index (χ0n) is 16.8. The van der Waals surface area contributed by atoms with Crippen molar-refractivity contribution in [2.24, 2.45) is 0 Å². The molecule has 1 N–H and O–H groups in total. The van der Waals surface area contributed by atoms with Crippen molar-refractivity contribution in [3.05, 3.63) is 48.2 Å². The van der Waals surface area contributed by atoms with E-state index in [1.807, 2.05) is 46.0 Å². The maximum absolute atomic E-state index is 13.4. The fourth-order valence-corrected chi connectivity index (χ4v) is 3.63. The van der Waals surface area contributed by atoms with E-state index in [0.29, 0.717) is 12.1 Å². The number of hydrogen-bond donors (Lipinski definition) is 1. The third-order valence-electron chi connectivity index (χ3n) is 5.12. The average molecular weight is 436 g/mol. The Morgan fingerprint density at radius 2 is 1.93 bits per heavy atom. The molecule has 0 bridgehead atoms. The molecule has 0 spiro atoms. The molecule has 1 atom stereocenters. The van der Waals surface area contributed by atoms with Gasteiger partial charge in [0.2, 0.25) is 0 Å². The van der Waals surface area contributed by atoms with Gasteiger partial charge in [0, 0.05) is 37.3 Å². The van der Waals surface area contributed by atoms with Crippen molar-refractivity contribution < 1.29 is 4.79 Å². The van der Waals surface area contributed by atoms with Crippen molar-refractivity contribution in [2.45, 2.75) is 32.9 Å². The third-order valence-corrected chi connectivity index (χ3v) is 5.12. The van der Waals surface area contributed by atoms with Gasteiger partial charge in [-0.1, -0.05) is 30.3 Å². The van der Waals surface area contributed by atoms with Gasteiger partial charge in [-0.25, -0.2) is 9.67 Å². The highest BCUT2D eigenvalue weighted by molar-refractivity contribution is 6.06. The van der Waals surface area contributed by atoms with Gasteiger partial charge in [0.15, 0.2) is 5.65 Å². The average Bonchev–Trinajstić information content (AvgIpc) is 3.12. The number of benzene rings is 1. The number of fused-ring (bicyclic) bond motifs is 1. The number of carbonyl (C=O) groups excluding carboxylic acids is 1. The Morgan fingerprint density at radius 3 is 2.59 bits per heavy atom. The van der Waals surface area contributed by atoms with E-state index in [9.17, 15) is 4.79 Å². The van der Waals surface area contributed by atoms with E-state index >= 15 is 0 Å². The van der Waals surface area contributed by atoms with E-state index in [1.54, 1.807) is 6.20 Å². The molecule has 6 nitrogen and oxygen atoms in total. The standard InChI is InChI=1S/C21H25N5O.2ClH/c1-14(2)26-20-18(13-23-26)17(21(27)25-10-9-22-12-15(25)3)11-19(24-20)16-7-5-4-6-8-16;;/h4-8,11,13-15,22H,9-10,12H2,1-3H3;2*1H. The van der Waals surface area contributed by atoms with Crippen molar-refractivity contribution >= 4 is 41.8 Å². The van der Waals surface area contributed by atoms with Crippen LogP contribution >= 0.6 is 24.8 Å². The molecule has 0 radical (unpaired) electrons. The lowest BCUT2D eigenvalue weighted by Gasteiger charge is -2.34. The third kappa shape index (κ3) is 4.39. The molecule has 0 saturated carbocycles. The van der Waals surface area contributed by atoms with Gasteiger partial charge in [-0.05, 0) is 26.8 Å². The number of nitrogens with one attached hydrogen (secondary N) is 1. The summed E-state index contributed by atoms with van der Waals surface area (Å²) in [5, 5.41) is 8.67. The number of pyridine rings is 1. The summed E-state index contributed by atoms with van der Waals surface area (Å²) in [6.45, 7) is 8.57. The smallest absolute Gasteiger partial charge is 0.255 e. The minimum absolute atomic E-state index is 0. The Kier molecular flexibility index (Phi) is 7.63. The van der Waals surface area contributed by atoms with Crippen LogP contribution in [0.2, 0.25) is 0 Å². The maximum atomic E-state index is 13.4. The van der Waals surface area contributed by atoms with Crippen LogP contribution in [0.15, 0.2) is 42.6 Å². The Hall–Kier alpha value is -2.15. The molecule has 8 heteroatoms. The maximum Gasteiger partial charge on any atom is 0.255 e. The van der Waals surface area contributed by atoms with E-state index in [2.05, 4.69) is 31.2 Å². The summed E-state index contributed by atoms with van der Waals surface area (Å²) in [6.07, 6.45) is 1.78. The van der Waals surface area contributed by atoms with Crippen LogP contribution in [0.3, 0.4) is 0 Å². The molecule has 1 aromatic carbocycles. The number of hydrogen-bond acceptors (Lipinski definition) is 4. The minimum atomic E-state index is 0. The fraction of sp³-hybridized carbons (Fsp3) is 0.381. The molecule has 1 aliphatic rings. The van der Waals surface area contributed by atoms with Gasteiger partial charge < -0.3 is 10.2 Å². The number of amides is 1. The van der Waals surface area contributed by atoms with Crippen molar-refractivity contribution in [1.82, 2.24) is 25.0 Å². The molecular formula is C21H27Cl2N5O. The highest BCUT2D eigenvalue weighted by Crippen LogP contribution is 2.27. The first-order valence-electron chi connectivity index (χ1n) is 9.51. The normalized spacial score (nSPS) is 16.4. The van der Waals surface area contributed by atoms with E-state index in [1.165, 1.54) is 0 Å². The molecular weight excluding hydrogens is 409 g/mol. The number of carbonyl (C=O) groups is 1. The Balaban J connectivity index is 0.00000150. The predicted molar refractivity (Wildman–Crippen MR) is 121 cm³/mol. The second-order valence-electron chi connectivity index (χ2n) is 7.39. The summed E-state index contributed by atoms with van der Waals surface area (Å²) in [7, 11) is 0. The Labute approximate surface area is 183 Å². The first kappa shape index (κ1) is 23.1. The van der Waals surface area contributed by atoms with E-state index in [0.717, 1.165) is 35.4 Å². The topological polar surface area (TPSA) is 63.1 Å². The van der Waals surface area contributed by atoms with E-state index in [-0.39, 0.29) is 42.8 Å². The number of halogens is 2. The zero-order valence-corrected chi connectivity index (χ0v) is 18.5. The Morgan fingerprint density at radius 1 is 1.21 bits per heavy atom. The number of aromatic nitrogens is 3. The monoisotopic (exact) mass is 435 g/mol. The Bertz CT molecular complexity index is 974. The van der Waals surface area contributed by atoms with Crippen LogP contribution in [0.4, 0.5) is 0 Å². The van der Waals surface area contributed by atoms with Gasteiger partial charge in [0.1, 0.15) is 0 Å². The summed E-state index contributed by atoms with van der Waals surface area (Å²) in [6, 6.07) is 12.2. The van der Waals surface area contributed by atoms with Crippen LogP contribution in [-0.2, 0) is 0 Å². The summed E-state index contributed by atoms with van der Waals surface area (Å²) in [4.78, 5) is 20.2. The van der Waals surface area contributed by atoms with Crippen molar-refractivity contribution in [2.75, 3.05) is 19.6 Å². The van der Waals surface area contributed by atoms with Gasteiger partial charge in [-0.2, -0.15) is 5.10 Å². The lowest BCUT2D eigenvalue weighted by molar-refractivity contribution is 0.0658. The summed E-state index contributed by atoms with van der Waals surface area (Å²) in [5.41, 5.74) is 3.24. The molecule has 3 aromatic rings. The van der Waals surface area contributed by atoms with Crippen LogP contribution in [0.25, 0.3) is 22.3 Å². The van der Waals surface area contributed by atoms with Gasteiger partial charge in [-0.15, -0.1) is 24.8 Å². The van der Waals surface area contributed by atoms with E-state index < -0.39 is 0 Å². The molecule has 4 rings (SSSR count). The summed E-state index contributed by atoms with van der Waals surface area (Å²) in [5.74, 6) is 0.0527. The van der Waals surface area contributed by atoms with Gasteiger partial charge in [0.05, 0.1) is 22.8 Å². The van der Waals surface area contributed by atoms with Gasteiger partial charge in [0.25, 0.3) is 5.91 Å². The van der Waals surface area contributed by atoms with E-state index in [4.69, 9.17) is 4.98 Å². The predicted octanol–water partition coefficient (Wildman–Crippen LogP) is 3.96. The van der Waals surface area contributed by atoms with Gasteiger partial charge >= 0.3 is 0 Å². The molecule has 1 amide bonds. The first-order valence-corrected chi connectivity index (χ1v) is 9.51. The first-order chi connectivity index (χ1) is 13.1. The van der Waals surface area contributed by atoms with Crippen LogP contribution in [-0.4, -0.2) is 51.2 Å². The second kappa shape index (κ2) is 9.57. The van der Waals surface area contributed by atoms with Crippen LogP contribution in [0.5, 0.6) is 0 Å². The SMILES string of the molecule is CC1CNCCN1C(=O)c1cc(-c2ccccc2)nc2c1cnn2C(C)C.Cl.Cl. The highest BCUT2D eigenvalue weighted by atomic mass is 35.5. The lowest BCUT2D eigenvalue weighted by atomic mass is 10.0.